The number of benzene rings is 1. The molecular weight excluding hydrogens is 254 g/mol. The molecule has 3 unspecified atom stereocenters. The lowest BCUT2D eigenvalue weighted by molar-refractivity contribution is 0.221. The molecule has 4 rings (SSSR count). The summed E-state index contributed by atoms with van der Waals surface area (Å²) in [5.74, 6) is 2.29. The van der Waals surface area contributed by atoms with Gasteiger partial charge in [-0.1, -0.05) is 35.5 Å². The average molecular weight is 269 g/mol. The lowest BCUT2D eigenvalue weighted by Gasteiger charge is -2.05. The minimum Gasteiger partial charge on any atom is -0.482 e. The monoisotopic (exact) mass is 269 g/mol. The molecular formula is C15H15N3O2. The Morgan fingerprint density at radius 2 is 2.10 bits per heavy atom. The zero-order chi connectivity index (χ0) is 13.5. The molecule has 1 aliphatic heterocycles. The van der Waals surface area contributed by atoms with Crippen LogP contribution in [0.25, 0.3) is 0 Å². The molecule has 0 amide bonds. The van der Waals surface area contributed by atoms with E-state index in [0.29, 0.717) is 11.7 Å². The number of aromatic nitrogens is 2. The van der Waals surface area contributed by atoms with Crippen LogP contribution in [-0.2, 0) is 6.42 Å². The Morgan fingerprint density at radius 1 is 1.20 bits per heavy atom. The Balaban J connectivity index is 1.54. The largest absolute Gasteiger partial charge is 0.482 e. The Morgan fingerprint density at radius 3 is 2.90 bits per heavy atom. The first-order valence-corrected chi connectivity index (χ1v) is 6.81. The molecule has 2 aromatic rings. The van der Waals surface area contributed by atoms with Gasteiger partial charge >= 0.3 is 0 Å². The molecule has 1 aliphatic carbocycles. The summed E-state index contributed by atoms with van der Waals surface area (Å²) in [6.07, 6.45) is 5.48. The highest BCUT2D eigenvalue weighted by Crippen LogP contribution is 2.36. The summed E-state index contributed by atoms with van der Waals surface area (Å²) in [6, 6.07) is 8.09. The summed E-state index contributed by atoms with van der Waals surface area (Å²) in [4.78, 5) is 4.48. The van der Waals surface area contributed by atoms with Crippen LogP contribution in [0.5, 0.6) is 5.75 Å². The van der Waals surface area contributed by atoms with E-state index in [-0.39, 0.29) is 18.1 Å². The van der Waals surface area contributed by atoms with E-state index in [4.69, 9.17) is 15.0 Å². The van der Waals surface area contributed by atoms with Crippen LogP contribution in [0, 0.1) is 0 Å². The number of rotatable bonds is 2. The number of hydrogen-bond acceptors (Lipinski definition) is 5. The van der Waals surface area contributed by atoms with E-state index in [2.05, 4.69) is 16.2 Å². The molecule has 5 nitrogen and oxygen atoms in total. The molecule has 0 bridgehead atoms. The van der Waals surface area contributed by atoms with Crippen LogP contribution in [0.15, 0.2) is 40.9 Å². The SMILES string of the molecule is NC1C=CC(c2nc(C3Cc4ccccc4O3)no2)C1. The number of nitrogens with two attached hydrogens (primary N) is 1. The van der Waals surface area contributed by atoms with Gasteiger partial charge in [-0.25, -0.2) is 0 Å². The van der Waals surface area contributed by atoms with E-state index in [1.165, 1.54) is 5.56 Å². The Hall–Kier alpha value is -2.14. The van der Waals surface area contributed by atoms with E-state index in [1.54, 1.807) is 0 Å². The average Bonchev–Trinajstić information content (AvgIpc) is 3.16. The minimum absolute atomic E-state index is 0.0855. The maximum atomic E-state index is 5.86. The summed E-state index contributed by atoms with van der Waals surface area (Å²) in [6.45, 7) is 0. The maximum Gasteiger partial charge on any atom is 0.233 e. The zero-order valence-corrected chi connectivity index (χ0v) is 10.9. The van der Waals surface area contributed by atoms with Gasteiger partial charge in [-0.15, -0.1) is 0 Å². The zero-order valence-electron chi connectivity index (χ0n) is 10.9. The van der Waals surface area contributed by atoms with Crippen molar-refractivity contribution in [2.24, 2.45) is 5.73 Å². The Kier molecular flexibility index (Phi) is 2.60. The van der Waals surface area contributed by atoms with E-state index in [0.717, 1.165) is 18.6 Å². The number of hydrogen-bond donors (Lipinski definition) is 1. The lowest BCUT2D eigenvalue weighted by Crippen LogP contribution is -2.14. The van der Waals surface area contributed by atoms with Gasteiger partial charge in [0.1, 0.15) is 5.75 Å². The number of fused-ring (bicyclic) bond motifs is 1. The number of allylic oxidation sites excluding steroid dienone is 1. The molecule has 1 aromatic heterocycles. The minimum atomic E-state index is -0.149. The van der Waals surface area contributed by atoms with Gasteiger partial charge in [0.05, 0.1) is 5.92 Å². The first-order valence-electron chi connectivity index (χ1n) is 6.81. The fraction of sp³-hybridized carbons (Fsp3) is 0.333. The third kappa shape index (κ3) is 1.91. The topological polar surface area (TPSA) is 74.2 Å². The van der Waals surface area contributed by atoms with Gasteiger partial charge in [0.25, 0.3) is 0 Å². The van der Waals surface area contributed by atoms with E-state index >= 15 is 0 Å². The van der Waals surface area contributed by atoms with Crippen molar-refractivity contribution in [3.63, 3.8) is 0 Å². The van der Waals surface area contributed by atoms with Gasteiger partial charge < -0.3 is 15.0 Å². The third-order valence-electron chi connectivity index (χ3n) is 3.83. The predicted octanol–water partition coefficient (Wildman–Crippen LogP) is 2.12. The summed E-state index contributed by atoms with van der Waals surface area (Å²) in [5.41, 5.74) is 7.03. The summed E-state index contributed by atoms with van der Waals surface area (Å²) < 4.78 is 11.2. The van der Waals surface area contributed by atoms with Crippen LogP contribution in [-0.4, -0.2) is 16.2 Å². The van der Waals surface area contributed by atoms with Crippen molar-refractivity contribution in [2.75, 3.05) is 0 Å². The highest BCUT2D eigenvalue weighted by atomic mass is 16.5. The normalized spacial score (nSPS) is 27.6. The van der Waals surface area contributed by atoms with E-state index < -0.39 is 0 Å². The lowest BCUT2D eigenvalue weighted by atomic mass is 10.1. The highest BCUT2D eigenvalue weighted by molar-refractivity contribution is 5.38. The van der Waals surface area contributed by atoms with Crippen molar-refractivity contribution >= 4 is 0 Å². The highest BCUT2D eigenvalue weighted by Gasteiger charge is 2.30. The molecule has 5 heteroatoms. The van der Waals surface area contributed by atoms with Crippen molar-refractivity contribution in [3.05, 3.63) is 53.7 Å². The van der Waals surface area contributed by atoms with Crippen LogP contribution < -0.4 is 10.5 Å². The van der Waals surface area contributed by atoms with E-state index in [1.807, 2.05) is 30.4 Å². The molecule has 0 saturated heterocycles. The van der Waals surface area contributed by atoms with Crippen molar-refractivity contribution in [1.82, 2.24) is 10.1 Å². The maximum absolute atomic E-state index is 5.86. The molecule has 0 fully saturated rings. The molecule has 0 spiro atoms. The molecule has 20 heavy (non-hydrogen) atoms. The first-order chi connectivity index (χ1) is 9.79. The summed E-state index contributed by atoms with van der Waals surface area (Å²) >= 11 is 0. The number of ether oxygens (including phenoxy) is 1. The smallest absolute Gasteiger partial charge is 0.233 e. The van der Waals surface area contributed by atoms with Crippen LogP contribution >= 0.6 is 0 Å². The van der Waals surface area contributed by atoms with Crippen LogP contribution in [0.4, 0.5) is 0 Å². The molecule has 2 N–H and O–H groups in total. The molecule has 2 heterocycles. The fourth-order valence-electron chi connectivity index (χ4n) is 2.77. The number of para-hydroxylation sites is 1. The van der Waals surface area contributed by atoms with Crippen molar-refractivity contribution in [2.45, 2.75) is 30.9 Å². The van der Waals surface area contributed by atoms with Gasteiger partial charge in [-0.3, -0.25) is 0 Å². The van der Waals surface area contributed by atoms with Gasteiger partial charge in [-0.05, 0) is 18.1 Å². The molecule has 102 valence electrons. The number of nitrogens with zero attached hydrogens (tertiary/aromatic N) is 2. The fourth-order valence-corrected chi connectivity index (χ4v) is 2.77. The quantitative estimate of drug-likeness (QED) is 0.845. The Labute approximate surface area is 116 Å². The third-order valence-corrected chi connectivity index (χ3v) is 3.83. The van der Waals surface area contributed by atoms with Crippen molar-refractivity contribution < 1.29 is 9.26 Å². The molecule has 3 atom stereocenters. The van der Waals surface area contributed by atoms with Crippen LogP contribution in [0.2, 0.25) is 0 Å². The van der Waals surface area contributed by atoms with E-state index in [9.17, 15) is 0 Å². The van der Waals surface area contributed by atoms with Gasteiger partial charge in [0.2, 0.25) is 11.7 Å². The standard InChI is InChI=1S/C15H15N3O2/c16-11-6-5-10(7-11)15-17-14(18-20-15)13-8-9-3-1-2-4-12(9)19-13/h1-6,10-11,13H,7-8,16H2. The van der Waals surface area contributed by atoms with Crippen LogP contribution in [0.1, 0.15) is 35.7 Å². The van der Waals surface area contributed by atoms with Crippen molar-refractivity contribution in [3.8, 4) is 5.75 Å². The second kappa shape index (κ2) is 4.45. The second-order valence-electron chi connectivity index (χ2n) is 5.30. The molecule has 2 aliphatic rings. The van der Waals surface area contributed by atoms with Gasteiger partial charge in [-0.2, -0.15) is 4.98 Å². The molecule has 0 saturated carbocycles. The molecule has 0 radical (unpaired) electrons. The van der Waals surface area contributed by atoms with Gasteiger partial charge in [0, 0.05) is 12.5 Å². The predicted molar refractivity (Wildman–Crippen MR) is 72.3 cm³/mol. The Bertz CT molecular complexity index is 640. The summed E-state index contributed by atoms with van der Waals surface area (Å²) in [5, 5.41) is 4.07. The second-order valence-corrected chi connectivity index (χ2v) is 5.30. The first kappa shape index (κ1) is 11.7. The summed E-state index contributed by atoms with van der Waals surface area (Å²) in [7, 11) is 0. The van der Waals surface area contributed by atoms with Crippen molar-refractivity contribution in [1.29, 1.82) is 0 Å². The van der Waals surface area contributed by atoms with Gasteiger partial charge in [0.15, 0.2) is 6.10 Å². The molecule has 1 aromatic carbocycles. The van der Waals surface area contributed by atoms with Crippen LogP contribution in [0.3, 0.4) is 0 Å².